The number of sulfone groups is 1. The first kappa shape index (κ1) is 16.4. The van der Waals surface area contributed by atoms with Gasteiger partial charge in [0.1, 0.15) is 5.69 Å². The fraction of sp³-hybridized carbons (Fsp3) is 0.312. The summed E-state index contributed by atoms with van der Waals surface area (Å²) < 4.78 is 24.3. The van der Waals surface area contributed by atoms with Crippen molar-refractivity contribution in [1.82, 2.24) is 14.7 Å². The molecule has 1 aromatic heterocycles. The van der Waals surface area contributed by atoms with E-state index in [0.717, 1.165) is 4.68 Å². The van der Waals surface area contributed by atoms with Gasteiger partial charge in [-0.2, -0.15) is 9.78 Å². The normalized spacial score (nSPS) is 19.1. The molecule has 0 saturated carbocycles. The molecule has 1 saturated heterocycles. The van der Waals surface area contributed by atoms with Crippen molar-refractivity contribution < 1.29 is 13.2 Å². The van der Waals surface area contributed by atoms with Gasteiger partial charge in [-0.1, -0.05) is 18.2 Å². The Balaban J connectivity index is 1.90. The summed E-state index contributed by atoms with van der Waals surface area (Å²) in [7, 11) is -1.52. The molecule has 1 aliphatic heterocycles. The van der Waals surface area contributed by atoms with Crippen molar-refractivity contribution in [3.05, 3.63) is 58.5 Å². The predicted octanol–water partition coefficient (Wildman–Crippen LogP) is 0.492. The number of hydrogen-bond acceptors (Lipinski definition) is 5. The summed E-state index contributed by atoms with van der Waals surface area (Å²) in [5.41, 5.74) is 0.317. The predicted molar refractivity (Wildman–Crippen MR) is 89.0 cm³/mol. The van der Waals surface area contributed by atoms with E-state index >= 15 is 0 Å². The zero-order valence-corrected chi connectivity index (χ0v) is 13.9. The molecule has 0 unspecified atom stereocenters. The Morgan fingerprint density at radius 2 is 1.92 bits per heavy atom. The number of aromatic nitrogens is 2. The minimum absolute atomic E-state index is 0.0342. The van der Waals surface area contributed by atoms with Crippen LogP contribution in [0.1, 0.15) is 16.9 Å². The van der Waals surface area contributed by atoms with Crippen molar-refractivity contribution in [3.63, 3.8) is 0 Å². The van der Waals surface area contributed by atoms with Crippen LogP contribution in [0.5, 0.6) is 0 Å². The Bertz CT molecular complexity index is 922. The molecule has 0 spiro atoms. The Morgan fingerprint density at radius 1 is 1.21 bits per heavy atom. The van der Waals surface area contributed by atoms with Crippen molar-refractivity contribution in [1.29, 1.82) is 0 Å². The van der Waals surface area contributed by atoms with Gasteiger partial charge in [-0.15, -0.1) is 0 Å². The first-order valence-electron chi connectivity index (χ1n) is 7.51. The first-order valence-corrected chi connectivity index (χ1v) is 9.33. The summed E-state index contributed by atoms with van der Waals surface area (Å²) in [6, 6.07) is 11.1. The molecule has 8 heteroatoms. The average molecular weight is 347 g/mol. The average Bonchev–Trinajstić information content (AvgIpc) is 2.95. The topological polar surface area (TPSA) is 89.3 Å². The Kier molecular flexibility index (Phi) is 4.23. The van der Waals surface area contributed by atoms with E-state index < -0.39 is 15.7 Å². The molecule has 0 N–H and O–H groups in total. The van der Waals surface area contributed by atoms with Crippen LogP contribution >= 0.6 is 0 Å². The van der Waals surface area contributed by atoms with Crippen molar-refractivity contribution in [2.75, 3.05) is 18.6 Å². The molecule has 2 aromatic rings. The van der Waals surface area contributed by atoms with E-state index in [2.05, 4.69) is 5.10 Å². The fourth-order valence-corrected chi connectivity index (χ4v) is 4.48. The SMILES string of the molecule is CN(C(=O)c1ccc(=O)n(-c2ccccc2)n1)[C@H]1CCS(=O)(=O)C1. The number of benzene rings is 1. The number of rotatable bonds is 3. The van der Waals surface area contributed by atoms with E-state index in [1.54, 1.807) is 31.3 Å². The summed E-state index contributed by atoms with van der Waals surface area (Å²) in [5.74, 6) is -0.346. The van der Waals surface area contributed by atoms with Crippen LogP contribution in [-0.4, -0.2) is 53.6 Å². The van der Waals surface area contributed by atoms with Gasteiger partial charge in [0, 0.05) is 19.2 Å². The molecule has 1 atom stereocenters. The maximum Gasteiger partial charge on any atom is 0.274 e. The van der Waals surface area contributed by atoms with Crippen LogP contribution in [-0.2, 0) is 9.84 Å². The molecule has 0 bridgehead atoms. The summed E-state index contributed by atoms with van der Waals surface area (Å²) in [6.45, 7) is 0. The Morgan fingerprint density at radius 3 is 2.54 bits per heavy atom. The Labute approximate surface area is 139 Å². The summed E-state index contributed by atoms with van der Waals surface area (Å²) in [4.78, 5) is 26.0. The lowest BCUT2D eigenvalue weighted by Crippen LogP contribution is -2.39. The lowest BCUT2D eigenvalue weighted by atomic mass is 10.2. The fourth-order valence-electron chi connectivity index (χ4n) is 2.71. The van der Waals surface area contributed by atoms with Gasteiger partial charge >= 0.3 is 0 Å². The molecule has 1 fully saturated rings. The zero-order valence-electron chi connectivity index (χ0n) is 13.1. The Hall–Kier alpha value is -2.48. The highest BCUT2D eigenvalue weighted by molar-refractivity contribution is 7.91. The van der Waals surface area contributed by atoms with Crippen LogP contribution in [0.4, 0.5) is 0 Å². The van der Waals surface area contributed by atoms with Crippen LogP contribution in [0.15, 0.2) is 47.3 Å². The summed E-state index contributed by atoms with van der Waals surface area (Å²) >= 11 is 0. The molecule has 1 aliphatic rings. The van der Waals surface area contributed by atoms with E-state index in [1.165, 1.54) is 17.0 Å². The molecule has 0 radical (unpaired) electrons. The number of para-hydroxylation sites is 1. The van der Waals surface area contributed by atoms with Crippen molar-refractivity contribution in [2.24, 2.45) is 0 Å². The van der Waals surface area contributed by atoms with Crippen molar-refractivity contribution in [3.8, 4) is 5.69 Å². The molecule has 7 nitrogen and oxygen atoms in total. The highest BCUT2D eigenvalue weighted by Crippen LogP contribution is 2.18. The first-order chi connectivity index (χ1) is 11.4. The number of amides is 1. The van der Waals surface area contributed by atoms with Gasteiger partial charge in [-0.3, -0.25) is 9.59 Å². The molecule has 126 valence electrons. The van der Waals surface area contributed by atoms with E-state index in [-0.39, 0.29) is 28.8 Å². The third-order valence-corrected chi connectivity index (χ3v) is 5.85. The highest BCUT2D eigenvalue weighted by Gasteiger charge is 2.33. The van der Waals surface area contributed by atoms with Crippen molar-refractivity contribution in [2.45, 2.75) is 12.5 Å². The van der Waals surface area contributed by atoms with Crippen LogP contribution in [0, 0.1) is 0 Å². The number of carbonyl (C=O) groups excluding carboxylic acids is 1. The van der Waals surface area contributed by atoms with E-state index in [9.17, 15) is 18.0 Å². The van der Waals surface area contributed by atoms with Crippen molar-refractivity contribution >= 4 is 15.7 Å². The van der Waals surface area contributed by atoms with Crippen LogP contribution in [0.2, 0.25) is 0 Å². The van der Waals surface area contributed by atoms with Crippen LogP contribution in [0.3, 0.4) is 0 Å². The summed E-state index contributed by atoms with van der Waals surface area (Å²) in [5, 5.41) is 4.13. The highest BCUT2D eigenvalue weighted by atomic mass is 32.2. The maximum absolute atomic E-state index is 12.6. The van der Waals surface area contributed by atoms with Gasteiger partial charge in [0.05, 0.1) is 17.2 Å². The molecular weight excluding hydrogens is 330 g/mol. The molecular formula is C16H17N3O4S. The van der Waals surface area contributed by atoms with E-state index in [4.69, 9.17) is 0 Å². The number of hydrogen-bond donors (Lipinski definition) is 0. The van der Waals surface area contributed by atoms with Gasteiger partial charge in [0.15, 0.2) is 9.84 Å². The van der Waals surface area contributed by atoms with Crippen LogP contribution in [0.25, 0.3) is 5.69 Å². The minimum atomic E-state index is -3.08. The molecule has 1 amide bonds. The smallest absolute Gasteiger partial charge is 0.274 e. The monoisotopic (exact) mass is 347 g/mol. The van der Waals surface area contributed by atoms with Gasteiger partial charge in [-0.25, -0.2) is 8.42 Å². The number of carbonyl (C=O) groups is 1. The van der Waals surface area contributed by atoms with E-state index in [0.29, 0.717) is 12.1 Å². The van der Waals surface area contributed by atoms with Gasteiger partial charge in [0.25, 0.3) is 11.5 Å². The quantitative estimate of drug-likeness (QED) is 0.806. The largest absolute Gasteiger partial charge is 0.336 e. The molecule has 1 aromatic carbocycles. The van der Waals surface area contributed by atoms with E-state index in [1.807, 2.05) is 6.07 Å². The third-order valence-electron chi connectivity index (χ3n) is 4.10. The summed E-state index contributed by atoms with van der Waals surface area (Å²) in [6.07, 6.45) is 0.420. The minimum Gasteiger partial charge on any atom is -0.336 e. The molecule has 0 aliphatic carbocycles. The van der Waals surface area contributed by atoms with Gasteiger partial charge in [-0.05, 0) is 24.6 Å². The van der Waals surface area contributed by atoms with Gasteiger partial charge in [0.2, 0.25) is 0 Å². The van der Waals surface area contributed by atoms with Crippen LogP contribution < -0.4 is 5.56 Å². The second kappa shape index (κ2) is 6.20. The van der Waals surface area contributed by atoms with Gasteiger partial charge < -0.3 is 4.90 Å². The second-order valence-corrected chi connectivity index (χ2v) is 8.01. The molecule has 24 heavy (non-hydrogen) atoms. The standard InChI is InChI=1S/C16H17N3O4S/c1-18(13-9-10-24(22,23)11-13)16(21)14-7-8-15(20)19(17-14)12-5-3-2-4-6-12/h2-8,13H,9-11H2,1H3/t13-/m0/s1. The maximum atomic E-state index is 12.6. The lowest BCUT2D eigenvalue weighted by Gasteiger charge is -2.23. The number of nitrogens with zero attached hydrogens (tertiary/aromatic N) is 3. The third kappa shape index (κ3) is 3.23. The molecule has 2 heterocycles. The second-order valence-electron chi connectivity index (χ2n) is 5.78. The molecule has 3 rings (SSSR count). The zero-order chi connectivity index (χ0) is 17.3. The lowest BCUT2D eigenvalue weighted by molar-refractivity contribution is 0.0739.